The number of rotatable bonds is 5. The summed E-state index contributed by atoms with van der Waals surface area (Å²) in [5.41, 5.74) is 0. The van der Waals surface area contributed by atoms with Crippen LogP contribution < -0.4 is 5.32 Å². The zero-order chi connectivity index (χ0) is 13.8. The second-order valence-corrected chi connectivity index (χ2v) is 6.58. The molecule has 0 spiro atoms. The molecule has 19 heavy (non-hydrogen) atoms. The van der Waals surface area contributed by atoms with Gasteiger partial charge >= 0.3 is 0 Å². The average Bonchev–Trinajstić information content (AvgIpc) is 2.87. The number of nitrogens with one attached hydrogen (secondary N) is 1. The molecular weight excluding hydrogens is 268 g/mol. The molecule has 3 atom stereocenters. The van der Waals surface area contributed by atoms with Crippen LogP contribution in [-0.4, -0.2) is 22.0 Å². The van der Waals surface area contributed by atoms with E-state index >= 15 is 0 Å². The summed E-state index contributed by atoms with van der Waals surface area (Å²) in [6, 6.07) is 3.74. The molecular formula is C14H19F2NOS. The molecule has 1 aliphatic carbocycles. The van der Waals surface area contributed by atoms with E-state index in [0.717, 1.165) is 44.4 Å². The van der Waals surface area contributed by atoms with Gasteiger partial charge in [-0.15, -0.1) is 0 Å². The predicted molar refractivity (Wildman–Crippen MR) is 72.5 cm³/mol. The van der Waals surface area contributed by atoms with Gasteiger partial charge in [-0.2, -0.15) is 0 Å². The summed E-state index contributed by atoms with van der Waals surface area (Å²) in [7, 11) is -1.28. The van der Waals surface area contributed by atoms with E-state index in [1.54, 1.807) is 0 Å². The lowest BCUT2D eigenvalue weighted by Crippen LogP contribution is -2.38. The van der Waals surface area contributed by atoms with Gasteiger partial charge in [-0.1, -0.05) is 13.3 Å². The van der Waals surface area contributed by atoms with Crippen LogP contribution in [0.3, 0.4) is 0 Å². The number of benzene rings is 1. The zero-order valence-electron chi connectivity index (χ0n) is 11.0. The Balaban J connectivity index is 2.11. The molecule has 106 valence electrons. The maximum atomic E-state index is 13.2. The molecule has 0 aromatic heterocycles. The third kappa shape index (κ3) is 3.39. The highest BCUT2D eigenvalue weighted by atomic mass is 32.2. The highest BCUT2D eigenvalue weighted by Crippen LogP contribution is 2.28. The molecule has 1 aromatic rings. The fourth-order valence-corrected chi connectivity index (χ4v) is 4.21. The largest absolute Gasteiger partial charge is 0.313 e. The minimum Gasteiger partial charge on any atom is -0.313 e. The zero-order valence-corrected chi connectivity index (χ0v) is 11.8. The predicted octanol–water partition coefficient (Wildman–Crippen LogP) is 2.99. The molecule has 2 rings (SSSR count). The minimum atomic E-state index is -1.28. The maximum absolute atomic E-state index is 13.2. The Bertz CT molecular complexity index is 467. The minimum absolute atomic E-state index is 0.00332. The monoisotopic (exact) mass is 287 g/mol. The molecule has 0 aliphatic heterocycles. The van der Waals surface area contributed by atoms with Crippen molar-refractivity contribution in [2.45, 2.75) is 48.8 Å². The number of halogens is 2. The lowest BCUT2D eigenvalue weighted by molar-refractivity contribution is 0.504. The lowest BCUT2D eigenvalue weighted by atomic mass is 10.2. The van der Waals surface area contributed by atoms with Crippen LogP contribution in [0.1, 0.15) is 32.6 Å². The summed E-state index contributed by atoms with van der Waals surface area (Å²) in [5.74, 6) is -1.82. The molecule has 3 unspecified atom stereocenters. The smallest absolute Gasteiger partial charge is 0.160 e. The molecule has 1 N–H and O–H groups in total. The van der Waals surface area contributed by atoms with Gasteiger partial charge in [-0.05, 0) is 44.0 Å². The SMILES string of the molecule is CCCNC1CCCC1S(=O)c1ccc(F)c(F)c1. The van der Waals surface area contributed by atoms with Crippen LogP contribution in [-0.2, 0) is 10.8 Å². The van der Waals surface area contributed by atoms with Crippen molar-refractivity contribution < 1.29 is 13.0 Å². The summed E-state index contributed by atoms with van der Waals surface area (Å²) in [6.07, 6.45) is 3.93. The Morgan fingerprint density at radius 2 is 2.11 bits per heavy atom. The van der Waals surface area contributed by atoms with Gasteiger partial charge in [0.2, 0.25) is 0 Å². The molecule has 0 heterocycles. The molecule has 1 aromatic carbocycles. The van der Waals surface area contributed by atoms with Crippen molar-refractivity contribution in [1.82, 2.24) is 5.32 Å². The van der Waals surface area contributed by atoms with Crippen molar-refractivity contribution in [3.63, 3.8) is 0 Å². The van der Waals surface area contributed by atoms with Crippen LogP contribution in [0.4, 0.5) is 8.78 Å². The fourth-order valence-electron chi connectivity index (χ4n) is 2.52. The first kappa shape index (κ1) is 14.6. The first-order chi connectivity index (χ1) is 9.13. The third-order valence-electron chi connectivity index (χ3n) is 3.51. The molecule has 2 nitrogen and oxygen atoms in total. The van der Waals surface area contributed by atoms with Gasteiger partial charge in [0.15, 0.2) is 11.6 Å². The molecule has 0 amide bonds. The Morgan fingerprint density at radius 3 is 2.79 bits per heavy atom. The summed E-state index contributed by atoms with van der Waals surface area (Å²) < 4.78 is 38.6. The van der Waals surface area contributed by atoms with Gasteiger partial charge in [0.05, 0.1) is 16.0 Å². The van der Waals surface area contributed by atoms with E-state index in [-0.39, 0.29) is 11.3 Å². The van der Waals surface area contributed by atoms with Crippen molar-refractivity contribution in [1.29, 1.82) is 0 Å². The van der Waals surface area contributed by atoms with E-state index in [9.17, 15) is 13.0 Å². The van der Waals surface area contributed by atoms with E-state index in [1.165, 1.54) is 6.07 Å². The Kier molecular flexibility index (Phi) is 5.05. The Hall–Kier alpha value is -0.810. The molecule has 0 bridgehead atoms. The van der Waals surface area contributed by atoms with Crippen LogP contribution in [0.25, 0.3) is 0 Å². The Labute approximate surface area is 115 Å². The Morgan fingerprint density at radius 1 is 1.32 bits per heavy atom. The molecule has 1 fully saturated rings. The summed E-state index contributed by atoms with van der Waals surface area (Å²) in [4.78, 5) is 0.383. The van der Waals surface area contributed by atoms with Gasteiger partial charge in [0.25, 0.3) is 0 Å². The van der Waals surface area contributed by atoms with Crippen LogP contribution in [0.2, 0.25) is 0 Å². The van der Waals surface area contributed by atoms with Crippen molar-refractivity contribution in [2.75, 3.05) is 6.54 Å². The standard InChI is InChI=1S/C14H19F2NOS/c1-2-8-17-13-4-3-5-14(13)19(18)10-6-7-11(15)12(16)9-10/h6-7,9,13-14,17H,2-5,8H2,1H3. The first-order valence-corrected chi connectivity index (χ1v) is 7.93. The number of hydrogen-bond donors (Lipinski definition) is 1. The maximum Gasteiger partial charge on any atom is 0.160 e. The van der Waals surface area contributed by atoms with Gasteiger partial charge < -0.3 is 5.32 Å². The number of hydrogen-bond acceptors (Lipinski definition) is 2. The summed E-state index contributed by atoms with van der Waals surface area (Å²) in [5, 5.41) is 3.39. The van der Waals surface area contributed by atoms with Crippen molar-refractivity contribution >= 4 is 10.8 Å². The van der Waals surface area contributed by atoms with Crippen LogP contribution >= 0.6 is 0 Å². The van der Waals surface area contributed by atoms with Crippen molar-refractivity contribution in [2.24, 2.45) is 0 Å². The molecule has 5 heteroatoms. The van der Waals surface area contributed by atoms with E-state index in [2.05, 4.69) is 12.2 Å². The topological polar surface area (TPSA) is 29.1 Å². The van der Waals surface area contributed by atoms with E-state index < -0.39 is 22.4 Å². The van der Waals surface area contributed by atoms with E-state index in [0.29, 0.717) is 4.90 Å². The normalized spacial score (nSPS) is 24.6. The van der Waals surface area contributed by atoms with Gasteiger partial charge in [-0.3, -0.25) is 4.21 Å². The van der Waals surface area contributed by atoms with E-state index in [4.69, 9.17) is 0 Å². The van der Waals surface area contributed by atoms with Crippen LogP contribution in [0.15, 0.2) is 23.1 Å². The van der Waals surface area contributed by atoms with E-state index in [1.807, 2.05) is 0 Å². The van der Waals surface area contributed by atoms with Crippen LogP contribution in [0.5, 0.6) is 0 Å². The molecule has 1 saturated carbocycles. The third-order valence-corrected chi connectivity index (χ3v) is 5.34. The van der Waals surface area contributed by atoms with Gasteiger partial charge in [0, 0.05) is 10.9 Å². The lowest BCUT2D eigenvalue weighted by Gasteiger charge is -2.20. The molecule has 1 aliphatic rings. The first-order valence-electron chi connectivity index (χ1n) is 6.72. The van der Waals surface area contributed by atoms with Crippen molar-refractivity contribution in [3.8, 4) is 0 Å². The second kappa shape index (κ2) is 6.57. The second-order valence-electron chi connectivity index (χ2n) is 4.90. The van der Waals surface area contributed by atoms with Gasteiger partial charge in [-0.25, -0.2) is 8.78 Å². The van der Waals surface area contributed by atoms with Crippen LogP contribution in [0, 0.1) is 11.6 Å². The van der Waals surface area contributed by atoms with Gasteiger partial charge in [0.1, 0.15) is 0 Å². The highest BCUT2D eigenvalue weighted by Gasteiger charge is 2.32. The average molecular weight is 287 g/mol. The summed E-state index contributed by atoms with van der Waals surface area (Å²) in [6.45, 7) is 2.99. The highest BCUT2D eigenvalue weighted by molar-refractivity contribution is 7.85. The van der Waals surface area contributed by atoms with Crippen molar-refractivity contribution in [3.05, 3.63) is 29.8 Å². The molecule has 0 saturated heterocycles. The quantitative estimate of drug-likeness (QED) is 0.902. The fraction of sp³-hybridized carbons (Fsp3) is 0.571. The molecule has 0 radical (unpaired) electrons. The summed E-state index contributed by atoms with van der Waals surface area (Å²) >= 11 is 0.